The van der Waals surface area contributed by atoms with Crippen LogP contribution in [0.1, 0.15) is 106 Å². The van der Waals surface area contributed by atoms with E-state index in [4.69, 9.17) is 32.7 Å². The van der Waals surface area contributed by atoms with E-state index in [1.165, 1.54) is 0 Å². The molecule has 0 unspecified atom stereocenters. The Kier molecular flexibility index (Phi) is 13.9. The number of hydrogen-bond donors (Lipinski definition) is 4. The lowest BCUT2D eigenvalue weighted by atomic mass is 9.76. The Bertz CT molecular complexity index is 2460. The second-order valence-electron chi connectivity index (χ2n) is 15.9. The lowest BCUT2D eigenvalue weighted by Crippen LogP contribution is -2.29. The van der Waals surface area contributed by atoms with Gasteiger partial charge in [-0.25, -0.2) is 19.6 Å². The molecule has 320 valence electrons. The summed E-state index contributed by atoms with van der Waals surface area (Å²) in [6, 6.07) is 33.9. The van der Waals surface area contributed by atoms with Crippen LogP contribution in [0.3, 0.4) is 0 Å². The Morgan fingerprint density at radius 1 is 0.565 bits per heavy atom. The first kappa shape index (κ1) is 43.8. The highest BCUT2D eigenvalue weighted by Gasteiger charge is 2.38. The summed E-state index contributed by atoms with van der Waals surface area (Å²) in [6.07, 6.45) is 8.78. The van der Waals surface area contributed by atoms with Gasteiger partial charge in [0.15, 0.2) is 11.4 Å². The van der Waals surface area contributed by atoms with Gasteiger partial charge in [-0.2, -0.15) is 0 Å². The van der Waals surface area contributed by atoms with Crippen molar-refractivity contribution in [2.45, 2.75) is 88.3 Å². The van der Waals surface area contributed by atoms with Gasteiger partial charge in [-0.1, -0.05) is 134 Å². The van der Waals surface area contributed by atoms with Gasteiger partial charge in [0.2, 0.25) is 11.5 Å². The molecule has 12 nitrogen and oxygen atoms in total. The summed E-state index contributed by atoms with van der Waals surface area (Å²) in [7, 11) is 0. The van der Waals surface area contributed by atoms with Crippen molar-refractivity contribution in [3.8, 4) is 11.5 Å². The second-order valence-corrected chi connectivity index (χ2v) is 16.8. The summed E-state index contributed by atoms with van der Waals surface area (Å²) in [5.41, 5.74) is 1.45. The van der Waals surface area contributed by atoms with E-state index in [0.29, 0.717) is 34.5 Å². The average molecular weight is 878 g/mol. The number of carboxylic acid groups (broad SMARTS) is 2. The van der Waals surface area contributed by atoms with E-state index in [0.717, 1.165) is 73.6 Å². The van der Waals surface area contributed by atoms with Crippen molar-refractivity contribution in [2.75, 3.05) is 0 Å². The van der Waals surface area contributed by atoms with Gasteiger partial charge in [0.05, 0.1) is 0 Å². The minimum Gasteiger partial charge on any atom is -0.481 e. The molecule has 0 spiro atoms. The Morgan fingerprint density at radius 3 is 1.27 bits per heavy atom. The first-order valence-corrected chi connectivity index (χ1v) is 21.3. The summed E-state index contributed by atoms with van der Waals surface area (Å²) in [5.74, 6) is -2.45. The van der Waals surface area contributed by atoms with E-state index < -0.39 is 23.1 Å². The van der Waals surface area contributed by atoms with Gasteiger partial charge in [-0.3, -0.25) is 9.59 Å². The number of aromatic nitrogens is 4. The predicted molar refractivity (Wildman–Crippen MR) is 236 cm³/mol. The van der Waals surface area contributed by atoms with E-state index >= 15 is 0 Å². The zero-order chi connectivity index (χ0) is 43.7. The summed E-state index contributed by atoms with van der Waals surface area (Å²) >= 11 is 12.4. The number of nitrogens with one attached hydrogen (secondary N) is 2. The molecule has 6 aromatic rings. The number of nitrogens with zero attached hydrogens (tertiary/aromatic N) is 2. The topological polar surface area (TPSA) is 185 Å². The van der Waals surface area contributed by atoms with Crippen molar-refractivity contribution in [3.63, 3.8) is 0 Å². The van der Waals surface area contributed by atoms with Gasteiger partial charge < -0.3 is 29.7 Å². The normalized spacial score (nSPS) is 15.0. The van der Waals surface area contributed by atoms with Crippen molar-refractivity contribution < 1.29 is 29.3 Å². The Balaban J connectivity index is 0.000000186. The number of benzene rings is 4. The van der Waals surface area contributed by atoms with Crippen molar-refractivity contribution >= 4 is 35.1 Å². The molecule has 2 aromatic heterocycles. The highest BCUT2D eigenvalue weighted by molar-refractivity contribution is 6.30. The SMILES string of the molecule is O=C(O)c1nc(CC2(c3cccc(Cl)c3)CCCC2)[nH]c(=O)c1OCc1ccccc1.O=C(O)c1nc(CC2(c3cccc(Cl)c3)CCCC2)[nH]c(=O)c1OCc1ccccc1. The van der Waals surface area contributed by atoms with Gasteiger partial charge in [-0.15, -0.1) is 0 Å². The van der Waals surface area contributed by atoms with Crippen molar-refractivity contribution in [1.29, 1.82) is 0 Å². The molecule has 0 bridgehead atoms. The van der Waals surface area contributed by atoms with E-state index in [2.05, 4.69) is 19.9 Å². The Labute approximate surface area is 367 Å². The van der Waals surface area contributed by atoms with Crippen LogP contribution in [0.4, 0.5) is 0 Å². The molecular formula is C48H46Cl2N4O8. The van der Waals surface area contributed by atoms with Crippen LogP contribution < -0.4 is 20.6 Å². The molecular weight excluding hydrogens is 831 g/mol. The standard InChI is InChI=1S/2C24H23ClN2O4/c2*25-18-10-6-9-17(13-18)24(11-4-5-12-24)14-19-26-20(23(29)30)21(22(28)27-19)31-15-16-7-2-1-3-8-16/h2*1-3,6-10,13H,4-5,11-12,14-15H2,(H,29,30)(H,26,27,28). The second kappa shape index (κ2) is 19.6. The molecule has 2 aliphatic rings. The number of halogens is 2. The van der Waals surface area contributed by atoms with Crippen LogP contribution >= 0.6 is 23.2 Å². The number of rotatable bonds is 14. The molecule has 2 fully saturated rings. The van der Waals surface area contributed by atoms with Crippen LogP contribution in [-0.4, -0.2) is 42.1 Å². The van der Waals surface area contributed by atoms with Gasteiger partial charge in [0.1, 0.15) is 24.9 Å². The van der Waals surface area contributed by atoms with E-state index in [-0.39, 0.29) is 46.9 Å². The monoisotopic (exact) mass is 876 g/mol. The molecule has 14 heteroatoms. The van der Waals surface area contributed by atoms with E-state index in [9.17, 15) is 29.4 Å². The van der Waals surface area contributed by atoms with Crippen LogP contribution in [0, 0.1) is 0 Å². The smallest absolute Gasteiger partial charge is 0.358 e. The number of H-pyrrole nitrogens is 2. The van der Waals surface area contributed by atoms with Gasteiger partial charge in [0.25, 0.3) is 11.1 Å². The maximum Gasteiger partial charge on any atom is 0.358 e. The Hall–Kier alpha value is -6.24. The number of carboxylic acids is 2. The summed E-state index contributed by atoms with van der Waals surface area (Å²) in [4.78, 5) is 63.3. The fourth-order valence-corrected chi connectivity index (χ4v) is 9.10. The lowest BCUT2D eigenvalue weighted by Gasteiger charge is -2.29. The van der Waals surface area contributed by atoms with E-state index in [1.54, 1.807) is 0 Å². The molecule has 62 heavy (non-hydrogen) atoms. The third-order valence-electron chi connectivity index (χ3n) is 11.7. The number of hydrogen-bond acceptors (Lipinski definition) is 8. The van der Waals surface area contributed by atoms with Crippen molar-refractivity contribution in [1.82, 2.24) is 19.9 Å². The number of aromatic amines is 2. The van der Waals surface area contributed by atoms with Crippen molar-refractivity contribution in [3.05, 3.63) is 185 Å². The summed E-state index contributed by atoms with van der Waals surface area (Å²) in [5, 5.41) is 20.7. The molecule has 8 rings (SSSR count). The number of aromatic carboxylic acids is 2. The molecule has 4 N–H and O–H groups in total. The van der Waals surface area contributed by atoms with Crippen LogP contribution in [0.25, 0.3) is 0 Å². The molecule has 2 aliphatic carbocycles. The fourth-order valence-electron chi connectivity index (χ4n) is 8.72. The minimum atomic E-state index is -1.29. The first-order valence-electron chi connectivity index (χ1n) is 20.5. The lowest BCUT2D eigenvalue weighted by molar-refractivity contribution is 0.0672. The number of ether oxygens (including phenoxy) is 2. The van der Waals surface area contributed by atoms with Crippen LogP contribution in [0.5, 0.6) is 11.5 Å². The summed E-state index contributed by atoms with van der Waals surface area (Å²) in [6.45, 7) is 0.162. The Morgan fingerprint density at radius 2 is 0.935 bits per heavy atom. The number of carbonyl (C=O) groups is 2. The molecule has 4 aromatic carbocycles. The molecule has 0 atom stereocenters. The molecule has 2 heterocycles. The molecule has 0 radical (unpaired) electrons. The van der Waals surface area contributed by atoms with Gasteiger partial charge in [0, 0.05) is 33.7 Å². The van der Waals surface area contributed by atoms with Crippen molar-refractivity contribution in [2.24, 2.45) is 0 Å². The minimum absolute atomic E-state index is 0.0810. The van der Waals surface area contributed by atoms with Gasteiger partial charge in [-0.05, 0) is 72.2 Å². The van der Waals surface area contributed by atoms with Crippen LogP contribution in [0.2, 0.25) is 10.0 Å². The maximum absolute atomic E-state index is 12.8. The third kappa shape index (κ3) is 10.4. The molecule has 0 saturated heterocycles. The quantitative estimate of drug-likeness (QED) is 0.0822. The molecule has 2 saturated carbocycles. The highest BCUT2D eigenvalue weighted by atomic mass is 35.5. The zero-order valence-corrected chi connectivity index (χ0v) is 35.4. The molecule has 0 amide bonds. The zero-order valence-electron chi connectivity index (χ0n) is 33.9. The largest absolute Gasteiger partial charge is 0.481 e. The van der Waals surface area contributed by atoms with Crippen LogP contribution in [0.15, 0.2) is 119 Å². The van der Waals surface area contributed by atoms with Gasteiger partial charge >= 0.3 is 11.9 Å². The third-order valence-corrected chi connectivity index (χ3v) is 12.2. The highest BCUT2D eigenvalue weighted by Crippen LogP contribution is 2.45. The maximum atomic E-state index is 12.8. The predicted octanol–water partition coefficient (Wildman–Crippen LogP) is 9.51. The first-order chi connectivity index (χ1) is 29.9. The van der Waals surface area contributed by atoms with Crippen LogP contribution in [-0.2, 0) is 36.9 Å². The van der Waals surface area contributed by atoms with E-state index in [1.807, 2.05) is 109 Å². The molecule has 0 aliphatic heterocycles. The average Bonchev–Trinajstić information content (AvgIpc) is 3.95. The fraction of sp³-hybridized carbons (Fsp3) is 0.292. The summed E-state index contributed by atoms with van der Waals surface area (Å²) < 4.78 is 11.1.